The average Bonchev–Trinajstić information content (AvgIpc) is 2.83. The van der Waals surface area contributed by atoms with Gasteiger partial charge in [0.2, 0.25) is 0 Å². The smallest absolute Gasteiger partial charge is 0.269 e. The van der Waals surface area contributed by atoms with Crippen LogP contribution < -0.4 is 10.5 Å². The Morgan fingerprint density at radius 3 is 2.85 bits per heavy atom. The van der Waals surface area contributed by atoms with Gasteiger partial charge in [0.05, 0.1) is 24.1 Å². The van der Waals surface area contributed by atoms with Crippen molar-refractivity contribution in [1.82, 2.24) is 19.2 Å². The minimum atomic E-state index is -0.131. The Morgan fingerprint density at radius 2 is 2.15 bits per heavy atom. The van der Waals surface area contributed by atoms with Gasteiger partial charge in [-0.05, 0) is 12.1 Å². The molecule has 0 spiro atoms. The lowest BCUT2D eigenvalue weighted by atomic mass is 10.4. The molecule has 3 aromatic rings. The largest absolute Gasteiger partial charge is 0.376 e. The quantitative estimate of drug-likeness (QED) is 0.712. The molecule has 3 aromatic heterocycles. The molecule has 6 nitrogen and oxygen atoms in total. The second-order valence-corrected chi connectivity index (χ2v) is 4.80. The normalized spacial score (nSPS) is 10.9. The Bertz CT molecular complexity index is 769. The Morgan fingerprint density at radius 1 is 1.30 bits per heavy atom. The predicted molar refractivity (Wildman–Crippen MR) is 77.1 cm³/mol. The summed E-state index contributed by atoms with van der Waals surface area (Å²) in [5.74, 6) is 0. The van der Waals surface area contributed by atoms with E-state index in [1.54, 1.807) is 12.3 Å². The number of aromatic nitrogens is 4. The van der Waals surface area contributed by atoms with Gasteiger partial charge in [-0.15, -0.1) is 0 Å². The number of fused-ring (bicyclic) bond motifs is 1. The first-order valence-electron chi connectivity index (χ1n) is 6.30. The molecule has 0 unspecified atom stereocenters. The van der Waals surface area contributed by atoms with Crippen LogP contribution in [0.5, 0.6) is 0 Å². The van der Waals surface area contributed by atoms with Crippen molar-refractivity contribution in [2.24, 2.45) is 0 Å². The molecule has 0 N–H and O–H groups in total. The van der Waals surface area contributed by atoms with E-state index in [2.05, 4.69) is 10.1 Å². The summed E-state index contributed by atoms with van der Waals surface area (Å²) in [7, 11) is 3.76. The van der Waals surface area contributed by atoms with E-state index in [9.17, 15) is 4.79 Å². The average molecular weight is 269 g/mol. The fourth-order valence-corrected chi connectivity index (χ4v) is 2.00. The molecule has 0 radical (unpaired) electrons. The van der Waals surface area contributed by atoms with Gasteiger partial charge in [0, 0.05) is 32.6 Å². The van der Waals surface area contributed by atoms with Crippen molar-refractivity contribution in [2.45, 2.75) is 6.54 Å². The molecule has 6 heteroatoms. The lowest BCUT2D eigenvalue weighted by Gasteiger charge is -2.11. The number of pyridine rings is 1. The van der Waals surface area contributed by atoms with Crippen molar-refractivity contribution in [3.8, 4) is 0 Å². The zero-order valence-corrected chi connectivity index (χ0v) is 11.4. The predicted octanol–water partition coefficient (Wildman–Crippen LogP) is 1.01. The standard InChI is InChI=1S/C14H15N5O/c1-17(2)12-7-14(20)19(15-8-12)10-11-9-18-6-4-3-5-13(18)16-11/h3-9H,10H2,1-2H3. The Hall–Kier alpha value is -2.63. The minimum absolute atomic E-state index is 0.131. The number of rotatable bonds is 3. The van der Waals surface area contributed by atoms with Gasteiger partial charge >= 0.3 is 0 Å². The van der Waals surface area contributed by atoms with E-state index in [1.165, 1.54) is 4.68 Å². The molecular weight excluding hydrogens is 254 g/mol. The number of hydrogen-bond donors (Lipinski definition) is 0. The number of nitrogens with zero attached hydrogens (tertiary/aromatic N) is 5. The third-order valence-electron chi connectivity index (χ3n) is 3.10. The third-order valence-corrected chi connectivity index (χ3v) is 3.10. The Kier molecular flexibility index (Phi) is 2.98. The van der Waals surface area contributed by atoms with Gasteiger partial charge < -0.3 is 9.30 Å². The van der Waals surface area contributed by atoms with Gasteiger partial charge in [-0.1, -0.05) is 6.07 Å². The van der Waals surface area contributed by atoms with Gasteiger partial charge in [0.25, 0.3) is 5.56 Å². The first-order chi connectivity index (χ1) is 9.63. The van der Waals surface area contributed by atoms with Gasteiger partial charge in [-0.25, -0.2) is 9.67 Å². The maximum Gasteiger partial charge on any atom is 0.269 e. The van der Waals surface area contributed by atoms with E-state index >= 15 is 0 Å². The van der Waals surface area contributed by atoms with Crippen LogP contribution in [0.3, 0.4) is 0 Å². The summed E-state index contributed by atoms with van der Waals surface area (Å²) in [6, 6.07) is 7.37. The van der Waals surface area contributed by atoms with Crippen LogP contribution in [0.2, 0.25) is 0 Å². The highest BCUT2D eigenvalue weighted by Crippen LogP contribution is 2.07. The maximum absolute atomic E-state index is 12.0. The van der Waals surface area contributed by atoms with Gasteiger partial charge in [0.1, 0.15) is 5.65 Å². The number of hydrogen-bond acceptors (Lipinski definition) is 4. The van der Waals surface area contributed by atoms with Crippen molar-refractivity contribution in [3.05, 3.63) is 58.9 Å². The van der Waals surface area contributed by atoms with E-state index in [-0.39, 0.29) is 5.56 Å². The molecule has 0 aromatic carbocycles. The summed E-state index contributed by atoms with van der Waals surface area (Å²) in [4.78, 5) is 18.3. The molecule has 102 valence electrons. The van der Waals surface area contributed by atoms with Crippen LogP contribution >= 0.6 is 0 Å². The highest BCUT2D eigenvalue weighted by Gasteiger charge is 2.05. The molecule has 0 aliphatic rings. The minimum Gasteiger partial charge on any atom is -0.376 e. The molecule has 0 amide bonds. The Balaban J connectivity index is 1.92. The van der Waals surface area contributed by atoms with Crippen molar-refractivity contribution >= 4 is 11.3 Å². The molecule has 20 heavy (non-hydrogen) atoms. The van der Waals surface area contributed by atoms with E-state index in [4.69, 9.17) is 0 Å². The summed E-state index contributed by atoms with van der Waals surface area (Å²) < 4.78 is 3.34. The lowest BCUT2D eigenvalue weighted by molar-refractivity contribution is 0.629. The fraction of sp³-hybridized carbons (Fsp3) is 0.214. The lowest BCUT2D eigenvalue weighted by Crippen LogP contribution is -2.24. The fourth-order valence-electron chi connectivity index (χ4n) is 2.00. The highest BCUT2D eigenvalue weighted by molar-refractivity contribution is 5.41. The second-order valence-electron chi connectivity index (χ2n) is 4.80. The second kappa shape index (κ2) is 4.80. The van der Waals surface area contributed by atoms with Gasteiger partial charge in [-0.3, -0.25) is 4.79 Å². The topological polar surface area (TPSA) is 55.4 Å². The summed E-state index contributed by atoms with van der Waals surface area (Å²) in [5, 5.41) is 4.18. The van der Waals surface area contributed by atoms with Crippen LogP contribution in [0.1, 0.15) is 5.69 Å². The molecule has 0 saturated carbocycles. The van der Waals surface area contributed by atoms with Crippen LogP contribution in [0.4, 0.5) is 5.69 Å². The summed E-state index contributed by atoms with van der Waals surface area (Å²) in [6.07, 6.45) is 5.51. The van der Waals surface area contributed by atoms with Crippen molar-refractivity contribution in [2.75, 3.05) is 19.0 Å². The highest BCUT2D eigenvalue weighted by atomic mass is 16.1. The van der Waals surface area contributed by atoms with Crippen LogP contribution in [-0.2, 0) is 6.54 Å². The molecule has 0 atom stereocenters. The molecule has 0 aliphatic heterocycles. The van der Waals surface area contributed by atoms with Crippen molar-refractivity contribution in [1.29, 1.82) is 0 Å². The van der Waals surface area contributed by atoms with E-state index < -0.39 is 0 Å². The van der Waals surface area contributed by atoms with Crippen LogP contribution in [0.25, 0.3) is 5.65 Å². The molecule has 0 fully saturated rings. The zero-order chi connectivity index (χ0) is 14.1. The van der Waals surface area contributed by atoms with Gasteiger partial charge in [0.15, 0.2) is 0 Å². The molecule has 3 heterocycles. The SMILES string of the molecule is CN(C)c1cnn(Cc2cn3ccccc3n2)c(=O)c1. The monoisotopic (exact) mass is 269 g/mol. The zero-order valence-electron chi connectivity index (χ0n) is 11.4. The van der Waals surface area contributed by atoms with E-state index in [0.29, 0.717) is 6.54 Å². The first-order valence-corrected chi connectivity index (χ1v) is 6.30. The summed E-state index contributed by atoms with van der Waals surface area (Å²) >= 11 is 0. The van der Waals surface area contributed by atoms with E-state index in [0.717, 1.165) is 17.0 Å². The van der Waals surface area contributed by atoms with Crippen LogP contribution in [0, 0.1) is 0 Å². The summed E-state index contributed by atoms with van der Waals surface area (Å²) in [6.45, 7) is 0.369. The molecular formula is C14H15N5O. The van der Waals surface area contributed by atoms with Gasteiger partial charge in [-0.2, -0.15) is 5.10 Å². The van der Waals surface area contributed by atoms with Crippen molar-refractivity contribution in [3.63, 3.8) is 0 Å². The Labute approximate surface area is 115 Å². The molecule has 3 rings (SSSR count). The number of imidazole rings is 1. The van der Waals surface area contributed by atoms with Crippen LogP contribution in [0.15, 0.2) is 47.7 Å². The molecule has 0 aliphatic carbocycles. The van der Waals surface area contributed by atoms with E-state index in [1.807, 2.05) is 54.0 Å². The molecule has 0 bridgehead atoms. The molecule has 0 saturated heterocycles. The first kappa shape index (κ1) is 12.4. The third kappa shape index (κ3) is 2.27. The summed E-state index contributed by atoms with van der Waals surface area (Å²) in [5.41, 5.74) is 2.33. The van der Waals surface area contributed by atoms with Crippen molar-refractivity contribution < 1.29 is 0 Å². The van der Waals surface area contributed by atoms with Crippen LogP contribution in [-0.4, -0.2) is 33.3 Å². The number of anilines is 1. The maximum atomic E-state index is 12.0.